The van der Waals surface area contributed by atoms with Crippen LogP contribution in [0.5, 0.6) is 0 Å². The van der Waals surface area contributed by atoms with Crippen LogP contribution in [-0.4, -0.2) is 28.3 Å². The van der Waals surface area contributed by atoms with Crippen molar-refractivity contribution in [1.29, 1.82) is 0 Å². The summed E-state index contributed by atoms with van der Waals surface area (Å²) in [7, 11) is 0. The summed E-state index contributed by atoms with van der Waals surface area (Å²) in [6.45, 7) is 0. The zero-order valence-electron chi connectivity index (χ0n) is 10.3. The molecule has 21 heavy (non-hydrogen) atoms. The van der Waals surface area contributed by atoms with E-state index in [1.165, 1.54) is 24.4 Å². The second-order valence-corrected chi connectivity index (χ2v) is 4.81. The normalized spacial score (nSPS) is 28.0. The van der Waals surface area contributed by atoms with Crippen LogP contribution < -0.4 is 0 Å². The van der Waals surface area contributed by atoms with Gasteiger partial charge in [0.15, 0.2) is 6.10 Å². The van der Waals surface area contributed by atoms with E-state index in [9.17, 15) is 18.4 Å². The topological polar surface area (TPSA) is 45.1 Å². The van der Waals surface area contributed by atoms with Crippen molar-refractivity contribution in [3.05, 3.63) is 58.8 Å². The average Bonchev–Trinajstić information content (AvgIpc) is 2.83. The van der Waals surface area contributed by atoms with E-state index in [1.807, 2.05) is 0 Å². The highest BCUT2D eigenvalue weighted by atomic mass is 35.5. The Balaban J connectivity index is 1.95. The molecular weight excluding hydrogens is 309 g/mol. The van der Waals surface area contributed by atoms with Crippen molar-refractivity contribution >= 4 is 17.3 Å². The molecule has 1 aliphatic carbocycles. The highest BCUT2D eigenvalue weighted by Crippen LogP contribution is 2.33. The SMILES string of the molecule is ON1C=CC(=C2N=C3C=C(C(F)(F)F)C=CC3O2)C=C1Cl. The fourth-order valence-electron chi connectivity index (χ4n) is 1.95. The van der Waals surface area contributed by atoms with Crippen LogP contribution in [0.4, 0.5) is 13.2 Å². The van der Waals surface area contributed by atoms with E-state index in [4.69, 9.17) is 16.3 Å². The third kappa shape index (κ3) is 2.62. The molecule has 110 valence electrons. The Morgan fingerprint density at radius 1 is 1.29 bits per heavy atom. The average molecular weight is 317 g/mol. The zero-order valence-corrected chi connectivity index (χ0v) is 11.1. The molecule has 3 aliphatic rings. The predicted octanol–water partition coefficient (Wildman–Crippen LogP) is 3.40. The number of allylic oxidation sites excluding steroid dienone is 5. The molecule has 3 rings (SSSR count). The Labute approximate surface area is 122 Å². The maximum atomic E-state index is 12.6. The first kappa shape index (κ1) is 14.0. The number of hydrogen-bond acceptors (Lipinski definition) is 4. The van der Waals surface area contributed by atoms with E-state index < -0.39 is 17.9 Å². The first-order valence-corrected chi connectivity index (χ1v) is 6.22. The van der Waals surface area contributed by atoms with Gasteiger partial charge >= 0.3 is 6.18 Å². The van der Waals surface area contributed by atoms with Gasteiger partial charge in [0.2, 0.25) is 5.88 Å². The summed E-state index contributed by atoms with van der Waals surface area (Å²) in [5.41, 5.74) is -0.138. The maximum Gasteiger partial charge on any atom is 0.416 e. The van der Waals surface area contributed by atoms with Crippen LogP contribution in [0, 0.1) is 0 Å². The molecule has 1 unspecified atom stereocenters. The van der Waals surface area contributed by atoms with Gasteiger partial charge in [0.25, 0.3) is 0 Å². The molecule has 0 aromatic heterocycles. The molecule has 1 N–H and O–H groups in total. The van der Waals surface area contributed by atoms with Gasteiger partial charge < -0.3 is 4.74 Å². The van der Waals surface area contributed by atoms with Gasteiger partial charge in [-0.25, -0.2) is 10.1 Å². The summed E-state index contributed by atoms with van der Waals surface area (Å²) >= 11 is 5.75. The third-order valence-electron chi connectivity index (χ3n) is 2.98. The van der Waals surface area contributed by atoms with Crippen molar-refractivity contribution in [1.82, 2.24) is 5.06 Å². The number of hydrogen-bond donors (Lipinski definition) is 1. The van der Waals surface area contributed by atoms with Gasteiger partial charge in [-0.3, -0.25) is 5.21 Å². The molecule has 0 fully saturated rings. The van der Waals surface area contributed by atoms with Crippen molar-refractivity contribution in [3.63, 3.8) is 0 Å². The highest BCUT2D eigenvalue weighted by Gasteiger charge is 2.36. The Morgan fingerprint density at radius 3 is 2.71 bits per heavy atom. The molecule has 0 aromatic rings. The minimum atomic E-state index is -4.43. The lowest BCUT2D eigenvalue weighted by atomic mass is 10.0. The predicted molar refractivity (Wildman–Crippen MR) is 69.3 cm³/mol. The Bertz CT molecular complexity index is 671. The molecule has 0 aromatic carbocycles. The number of alkyl halides is 3. The number of hydroxylamine groups is 2. The summed E-state index contributed by atoms with van der Waals surface area (Å²) in [4.78, 5) is 4.05. The van der Waals surface area contributed by atoms with E-state index in [-0.39, 0.29) is 16.8 Å². The minimum absolute atomic E-state index is 0.0285. The lowest BCUT2D eigenvalue weighted by Crippen LogP contribution is -2.21. The van der Waals surface area contributed by atoms with Crippen LogP contribution in [0.1, 0.15) is 0 Å². The van der Waals surface area contributed by atoms with Crippen molar-refractivity contribution in [2.75, 3.05) is 0 Å². The second kappa shape index (κ2) is 4.78. The Morgan fingerprint density at radius 2 is 2.05 bits per heavy atom. The maximum absolute atomic E-state index is 12.6. The number of aliphatic imine (C=N–C) groups is 1. The Hall–Kier alpha value is -1.99. The van der Waals surface area contributed by atoms with Crippen LogP contribution in [0.15, 0.2) is 63.8 Å². The molecule has 0 bridgehead atoms. The molecule has 0 radical (unpaired) electrons. The monoisotopic (exact) mass is 316 g/mol. The van der Waals surface area contributed by atoms with Crippen LogP contribution in [0.3, 0.4) is 0 Å². The first-order chi connectivity index (χ1) is 9.84. The second-order valence-electron chi connectivity index (χ2n) is 4.42. The van der Waals surface area contributed by atoms with E-state index in [1.54, 1.807) is 0 Å². The van der Waals surface area contributed by atoms with Gasteiger partial charge in [0.05, 0.1) is 11.3 Å². The van der Waals surface area contributed by atoms with Gasteiger partial charge in [-0.05, 0) is 30.4 Å². The summed E-state index contributed by atoms with van der Waals surface area (Å²) in [5, 5.41) is 10.00. The van der Waals surface area contributed by atoms with Crippen LogP contribution in [0.2, 0.25) is 0 Å². The smallest absolute Gasteiger partial charge is 0.416 e. The zero-order chi connectivity index (χ0) is 15.2. The van der Waals surface area contributed by atoms with Crippen LogP contribution in [-0.2, 0) is 4.74 Å². The standard InChI is InChI=1S/C13H8ClF3N2O2/c14-11-5-7(3-4-19(11)20)12-18-9-6-8(13(15,16)17)1-2-10(9)21-12/h1-6,10,20H. The van der Waals surface area contributed by atoms with Crippen molar-refractivity contribution in [3.8, 4) is 0 Å². The first-order valence-electron chi connectivity index (χ1n) is 5.85. The van der Waals surface area contributed by atoms with E-state index in [0.717, 1.165) is 12.2 Å². The summed E-state index contributed by atoms with van der Waals surface area (Å²) < 4.78 is 43.4. The number of ether oxygens (including phenoxy) is 1. The van der Waals surface area contributed by atoms with Crippen molar-refractivity contribution in [2.24, 2.45) is 4.99 Å². The van der Waals surface area contributed by atoms with Gasteiger partial charge in [0.1, 0.15) is 5.16 Å². The molecule has 2 aliphatic heterocycles. The number of fused-ring (bicyclic) bond motifs is 1. The third-order valence-corrected chi connectivity index (χ3v) is 3.26. The highest BCUT2D eigenvalue weighted by molar-refractivity contribution is 6.29. The van der Waals surface area contributed by atoms with E-state index in [2.05, 4.69) is 4.99 Å². The lowest BCUT2D eigenvalue weighted by Gasteiger charge is -2.16. The minimum Gasteiger partial charge on any atom is -0.463 e. The van der Waals surface area contributed by atoms with Crippen LogP contribution in [0.25, 0.3) is 0 Å². The molecule has 8 heteroatoms. The fraction of sp³-hybridized carbons (Fsp3) is 0.154. The summed E-state index contributed by atoms with van der Waals surface area (Å²) in [6, 6.07) is 0. The number of nitrogens with zero attached hydrogens (tertiary/aromatic N) is 2. The van der Waals surface area contributed by atoms with E-state index >= 15 is 0 Å². The van der Waals surface area contributed by atoms with Crippen molar-refractivity contribution < 1.29 is 23.1 Å². The number of halogens is 4. The fourth-order valence-corrected chi connectivity index (χ4v) is 2.12. The molecule has 0 saturated carbocycles. The van der Waals surface area contributed by atoms with Crippen molar-refractivity contribution in [2.45, 2.75) is 12.3 Å². The molecule has 1 atom stereocenters. The van der Waals surface area contributed by atoms with Gasteiger partial charge in [-0.2, -0.15) is 13.2 Å². The molecule has 0 spiro atoms. The Kier molecular flexibility index (Phi) is 3.18. The largest absolute Gasteiger partial charge is 0.463 e. The van der Waals surface area contributed by atoms with Crippen LogP contribution >= 0.6 is 11.6 Å². The summed E-state index contributed by atoms with van der Waals surface area (Å²) in [5.74, 6) is 0.154. The molecule has 0 saturated heterocycles. The summed E-state index contributed by atoms with van der Waals surface area (Å²) in [6.07, 6.45) is 2.31. The number of rotatable bonds is 0. The molecule has 0 amide bonds. The van der Waals surface area contributed by atoms with Gasteiger partial charge in [-0.1, -0.05) is 11.6 Å². The van der Waals surface area contributed by atoms with Gasteiger partial charge in [0, 0.05) is 11.8 Å². The van der Waals surface area contributed by atoms with Gasteiger partial charge in [-0.15, -0.1) is 0 Å². The van der Waals surface area contributed by atoms with E-state index in [0.29, 0.717) is 10.6 Å². The molecule has 2 heterocycles. The lowest BCUT2D eigenvalue weighted by molar-refractivity contribution is -0.0882. The molecule has 4 nitrogen and oxygen atoms in total. The quantitative estimate of drug-likeness (QED) is 0.697. The molecular formula is C13H8ClF3N2O2.